The third-order valence-corrected chi connectivity index (χ3v) is 4.39. The van der Waals surface area contributed by atoms with Crippen LogP contribution in [0.5, 0.6) is 5.75 Å². The maximum absolute atomic E-state index is 13.8. The molecule has 2 aromatic carbocycles. The molecule has 0 radical (unpaired) electrons. The van der Waals surface area contributed by atoms with Crippen molar-refractivity contribution < 1.29 is 32.2 Å². The van der Waals surface area contributed by atoms with E-state index in [9.17, 15) is 32.2 Å². The molecule has 0 bridgehead atoms. The first-order chi connectivity index (χ1) is 11.9. The Kier molecular flexibility index (Phi) is 5.33. The number of hydrogen-bond acceptors (Lipinski definition) is 2. The van der Waals surface area contributed by atoms with Crippen LogP contribution in [-0.2, 0) is 11.8 Å². The van der Waals surface area contributed by atoms with Crippen molar-refractivity contribution in [3.05, 3.63) is 65.2 Å². The average molecular weight is 374 g/mol. The lowest BCUT2D eigenvalue weighted by atomic mass is 9.72. The first-order valence-electron chi connectivity index (χ1n) is 7.87. The smallest absolute Gasteiger partial charge is 0.417 e. The highest BCUT2D eigenvalue weighted by Gasteiger charge is 2.56. The summed E-state index contributed by atoms with van der Waals surface area (Å²) in [5.41, 5.74) is -5.07. The maximum Gasteiger partial charge on any atom is 0.417 e. The first-order valence-corrected chi connectivity index (χ1v) is 7.87. The average Bonchev–Trinajstić information content (AvgIpc) is 2.50. The molecule has 142 valence electrons. The van der Waals surface area contributed by atoms with Crippen molar-refractivity contribution in [3.8, 4) is 5.75 Å². The van der Waals surface area contributed by atoms with Crippen LogP contribution in [0.4, 0.5) is 22.0 Å². The van der Waals surface area contributed by atoms with Crippen LogP contribution in [0.2, 0.25) is 0 Å². The van der Waals surface area contributed by atoms with Gasteiger partial charge in [-0.05, 0) is 41.7 Å². The first kappa shape index (κ1) is 20.2. The summed E-state index contributed by atoms with van der Waals surface area (Å²) in [6.45, 7) is 2.69. The minimum atomic E-state index is -5.06. The zero-order valence-electron chi connectivity index (χ0n) is 14.2. The molecule has 0 saturated carbocycles. The van der Waals surface area contributed by atoms with Gasteiger partial charge in [0.25, 0.3) is 0 Å². The maximum atomic E-state index is 13.8. The van der Waals surface area contributed by atoms with E-state index in [4.69, 9.17) is 0 Å². The summed E-state index contributed by atoms with van der Waals surface area (Å²) in [6, 6.07) is 7.82. The summed E-state index contributed by atoms with van der Waals surface area (Å²) in [7, 11) is 0. The van der Waals surface area contributed by atoms with Crippen LogP contribution in [-0.4, -0.2) is 22.0 Å². The molecule has 2 aromatic rings. The molecule has 2 nitrogen and oxygen atoms in total. The Hall–Kier alpha value is -2.15. The van der Waals surface area contributed by atoms with E-state index in [1.54, 1.807) is 0 Å². The topological polar surface area (TPSA) is 40.5 Å². The van der Waals surface area contributed by atoms with E-state index in [0.717, 1.165) is 24.3 Å². The lowest BCUT2D eigenvalue weighted by molar-refractivity contribution is -0.266. The van der Waals surface area contributed by atoms with Gasteiger partial charge in [0.1, 0.15) is 17.4 Å². The van der Waals surface area contributed by atoms with E-state index in [2.05, 4.69) is 0 Å². The van der Waals surface area contributed by atoms with Crippen LogP contribution in [0.3, 0.4) is 0 Å². The Morgan fingerprint density at radius 2 is 1.58 bits per heavy atom. The number of phenols is 1. The van der Waals surface area contributed by atoms with Crippen LogP contribution in [0.15, 0.2) is 42.5 Å². The Morgan fingerprint density at radius 3 is 2.15 bits per heavy atom. The fraction of sp³-hybridized carbons (Fsp3) is 0.368. The fourth-order valence-electron chi connectivity index (χ4n) is 3.10. The monoisotopic (exact) mass is 374 g/mol. The van der Waals surface area contributed by atoms with Crippen molar-refractivity contribution in [1.29, 1.82) is 0 Å². The highest BCUT2D eigenvalue weighted by atomic mass is 19.4. The molecule has 1 atom stereocenters. The molecular formula is C19H19F5O2. The molecule has 0 aliphatic carbocycles. The van der Waals surface area contributed by atoms with Crippen molar-refractivity contribution in [1.82, 2.24) is 0 Å². The quantitative estimate of drug-likeness (QED) is 0.733. The molecule has 0 saturated heterocycles. The highest BCUT2D eigenvalue weighted by molar-refractivity contribution is 5.38. The number of benzene rings is 2. The standard InChI is InChI=1S/C19H19F5O2/c1-17(2,14-9-13(20)7-8-16(14)25)11-18(26,19(22,23)24)10-12-5-3-4-6-15(12)21/h3-9,25-26H,10-11H2,1-2H3. The van der Waals surface area contributed by atoms with E-state index < -0.39 is 41.7 Å². The van der Waals surface area contributed by atoms with Gasteiger partial charge < -0.3 is 10.2 Å². The third-order valence-electron chi connectivity index (χ3n) is 4.39. The van der Waals surface area contributed by atoms with Gasteiger partial charge in [0.15, 0.2) is 5.60 Å². The fourth-order valence-corrected chi connectivity index (χ4v) is 3.10. The van der Waals surface area contributed by atoms with Gasteiger partial charge in [-0.1, -0.05) is 32.0 Å². The number of aliphatic hydroxyl groups is 1. The minimum Gasteiger partial charge on any atom is -0.508 e. The molecule has 0 aliphatic heterocycles. The molecule has 2 rings (SSSR count). The zero-order valence-corrected chi connectivity index (χ0v) is 14.2. The van der Waals surface area contributed by atoms with Gasteiger partial charge in [0.2, 0.25) is 0 Å². The summed E-state index contributed by atoms with van der Waals surface area (Å²) in [4.78, 5) is 0. The number of alkyl halides is 3. The van der Waals surface area contributed by atoms with E-state index in [1.165, 1.54) is 32.0 Å². The minimum absolute atomic E-state index is 0.0753. The van der Waals surface area contributed by atoms with Crippen LogP contribution < -0.4 is 0 Å². The Morgan fingerprint density at radius 1 is 0.962 bits per heavy atom. The van der Waals surface area contributed by atoms with Crippen LogP contribution in [0.1, 0.15) is 31.4 Å². The van der Waals surface area contributed by atoms with Gasteiger partial charge in [-0.15, -0.1) is 0 Å². The summed E-state index contributed by atoms with van der Waals surface area (Å²) in [5.74, 6) is -1.97. The van der Waals surface area contributed by atoms with Gasteiger partial charge in [-0.3, -0.25) is 0 Å². The van der Waals surface area contributed by atoms with Gasteiger partial charge in [-0.2, -0.15) is 13.2 Å². The summed E-state index contributed by atoms with van der Waals surface area (Å²) < 4.78 is 68.2. The Labute approximate surface area is 147 Å². The summed E-state index contributed by atoms with van der Waals surface area (Å²) in [6.07, 6.45) is -6.95. The van der Waals surface area contributed by atoms with Gasteiger partial charge in [-0.25, -0.2) is 8.78 Å². The van der Waals surface area contributed by atoms with Crippen LogP contribution in [0, 0.1) is 11.6 Å². The molecule has 1 unspecified atom stereocenters. The van der Waals surface area contributed by atoms with Crippen LogP contribution >= 0.6 is 0 Å². The van der Waals surface area contributed by atoms with E-state index in [-0.39, 0.29) is 16.9 Å². The van der Waals surface area contributed by atoms with Crippen molar-refractivity contribution in [2.45, 2.75) is 43.9 Å². The molecule has 7 heteroatoms. The summed E-state index contributed by atoms with van der Waals surface area (Å²) in [5, 5.41) is 20.3. The van der Waals surface area contributed by atoms with E-state index >= 15 is 0 Å². The van der Waals surface area contributed by atoms with Crippen molar-refractivity contribution in [2.75, 3.05) is 0 Å². The van der Waals surface area contributed by atoms with Gasteiger partial charge in [0, 0.05) is 12.0 Å². The lowest BCUT2D eigenvalue weighted by Crippen LogP contribution is -2.51. The van der Waals surface area contributed by atoms with E-state index in [0.29, 0.717) is 0 Å². The van der Waals surface area contributed by atoms with Crippen molar-refractivity contribution in [2.24, 2.45) is 0 Å². The Balaban J connectivity index is 2.44. The molecule has 26 heavy (non-hydrogen) atoms. The number of rotatable bonds is 5. The summed E-state index contributed by atoms with van der Waals surface area (Å²) >= 11 is 0. The van der Waals surface area contributed by atoms with Gasteiger partial charge in [0.05, 0.1) is 0 Å². The van der Waals surface area contributed by atoms with Crippen molar-refractivity contribution in [3.63, 3.8) is 0 Å². The second kappa shape index (κ2) is 6.87. The molecule has 0 aromatic heterocycles. The second-order valence-electron chi connectivity index (χ2n) is 7.02. The van der Waals surface area contributed by atoms with Crippen LogP contribution in [0.25, 0.3) is 0 Å². The lowest BCUT2D eigenvalue weighted by Gasteiger charge is -2.38. The van der Waals surface area contributed by atoms with Gasteiger partial charge >= 0.3 is 6.18 Å². The molecule has 0 aliphatic rings. The SMILES string of the molecule is CC(C)(CC(O)(Cc1ccccc1F)C(F)(F)F)c1cc(F)ccc1O. The normalized spacial score (nSPS) is 14.9. The van der Waals surface area contributed by atoms with E-state index in [1.807, 2.05) is 0 Å². The molecule has 0 spiro atoms. The molecular weight excluding hydrogens is 355 g/mol. The predicted molar refractivity (Wildman–Crippen MR) is 86.8 cm³/mol. The second-order valence-corrected chi connectivity index (χ2v) is 7.02. The number of aromatic hydroxyl groups is 1. The molecule has 2 N–H and O–H groups in total. The zero-order chi connectivity index (χ0) is 19.8. The Bertz CT molecular complexity index is 786. The number of phenolic OH excluding ortho intramolecular Hbond substituents is 1. The number of halogens is 5. The molecule has 0 heterocycles. The largest absolute Gasteiger partial charge is 0.508 e. The van der Waals surface area contributed by atoms with Crippen molar-refractivity contribution >= 4 is 0 Å². The third kappa shape index (κ3) is 4.15. The molecule has 0 amide bonds. The predicted octanol–water partition coefficient (Wildman–Crippen LogP) is 4.87. The number of hydrogen-bond donors (Lipinski definition) is 2. The molecule has 0 fully saturated rings. The highest BCUT2D eigenvalue weighted by Crippen LogP contribution is 2.45.